The highest BCUT2D eigenvalue weighted by molar-refractivity contribution is 5.78. The number of carbonyl (C=O) groups excluding carboxylic acids is 2. The zero-order valence-corrected chi connectivity index (χ0v) is 19.6. The smallest absolute Gasteiger partial charge is 0.236 e. The zero-order valence-electron chi connectivity index (χ0n) is 19.6. The average Bonchev–Trinajstić information content (AvgIpc) is 3.05. The maximum atomic E-state index is 12.7. The summed E-state index contributed by atoms with van der Waals surface area (Å²) in [6.45, 7) is 6.79. The summed E-state index contributed by atoms with van der Waals surface area (Å²) >= 11 is 0. The van der Waals surface area contributed by atoms with Crippen LogP contribution in [0.1, 0.15) is 31.2 Å². The molecular formula is C24H39N5O2. The molecule has 2 heterocycles. The molecule has 0 N–H and O–H groups in total. The van der Waals surface area contributed by atoms with Crippen LogP contribution in [0.2, 0.25) is 0 Å². The third kappa shape index (κ3) is 7.21. The van der Waals surface area contributed by atoms with E-state index in [4.69, 9.17) is 0 Å². The van der Waals surface area contributed by atoms with Gasteiger partial charge in [-0.3, -0.25) is 19.4 Å². The van der Waals surface area contributed by atoms with Gasteiger partial charge in [-0.1, -0.05) is 25.0 Å². The van der Waals surface area contributed by atoms with Crippen LogP contribution in [0.25, 0.3) is 0 Å². The van der Waals surface area contributed by atoms with E-state index in [1.165, 1.54) is 12.8 Å². The van der Waals surface area contributed by atoms with E-state index in [1.54, 1.807) is 4.90 Å². The van der Waals surface area contributed by atoms with Crippen LogP contribution in [0.4, 0.5) is 5.69 Å². The van der Waals surface area contributed by atoms with Crippen LogP contribution in [0.15, 0.2) is 24.3 Å². The van der Waals surface area contributed by atoms with Gasteiger partial charge in [-0.05, 0) is 30.5 Å². The number of hydrogen-bond acceptors (Lipinski definition) is 5. The molecule has 0 radical (unpaired) electrons. The van der Waals surface area contributed by atoms with Crippen LogP contribution >= 0.6 is 0 Å². The Labute approximate surface area is 187 Å². The fraction of sp³-hybridized carbons (Fsp3) is 0.667. The molecule has 2 aliphatic heterocycles. The van der Waals surface area contributed by atoms with Crippen molar-refractivity contribution in [2.45, 2.75) is 32.2 Å². The molecule has 0 atom stereocenters. The molecule has 7 nitrogen and oxygen atoms in total. The van der Waals surface area contributed by atoms with E-state index in [9.17, 15) is 9.59 Å². The summed E-state index contributed by atoms with van der Waals surface area (Å²) in [6, 6.07) is 8.33. The van der Waals surface area contributed by atoms with Gasteiger partial charge in [0.1, 0.15) is 0 Å². The Kier molecular flexibility index (Phi) is 8.72. The standard InChI is InChI=1S/C24H39N5O2/c1-25(2)22-10-8-21(9-11-22)18-26(3)23(30)19-27-14-16-28(17-15-27)20-24(31)29-12-6-4-5-7-13-29/h8-11H,4-7,12-20H2,1-3H3. The van der Waals surface area contributed by atoms with Crippen LogP contribution in [0.3, 0.4) is 0 Å². The second-order valence-corrected chi connectivity index (χ2v) is 9.16. The summed E-state index contributed by atoms with van der Waals surface area (Å²) in [6.07, 6.45) is 4.75. The van der Waals surface area contributed by atoms with Gasteiger partial charge in [0.15, 0.2) is 0 Å². The molecule has 0 aromatic heterocycles. The molecule has 7 heteroatoms. The van der Waals surface area contributed by atoms with Crippen LogP contribution in [0.5, 0.6) is 0 Å². The number of rotatable bonds is 7. The maximum absolute atomic E-state index is 12.7. The molecule has 0 bridgehead atoms. The van der Waals surface area contributed by atoms with Crippen molar-refractivity contribution in [3.05, 3.63) is 29.8 Å². The van der Waals surface area contributed by atoms with E-state index in [0.717, 1.165) is 63.4 Å². The number of nitrogens with zero attached hydrogens (tertiary/aromatic N) is 5. The highest BCUT2D eigenvalue weighted by atomic mass is 16.2. The third-order valence-electron chi connectivity index (χ3n) is 6.44. The zero-order chi connectivity index (χ0) is 22.2. The first kappa shape index (κ1) is 23.5. The van der Waals surface area contributed by atoms with Gasteiger partial charge in [-0.2, -0.15) is 0 Å². The van der Waals surface area contributed by atoms with Gasteiger partial charge in [0.25, 0.3) is 0 Å². The molecule has 0 spiro atoms. The lowest BCUT2D eigenvalue weighted by Gasteiger charge is -2.35. The van der Waals surface area contributed by atoms with Crippen molar-refractivity contribution in [1.82, 2.24) is 19.6 Å². The first-order valence-corrected chi connectivity index (χ1v) is 11.6. The molecule has 0 saturated carbocycles. The van der Waals surface area contributed by atoms with E-state index in [1.807, 2.05) is 26.0 Å². The molecule has 31 heavy (non-hydrogen) atoms. The second-order valence-electron chi connectivity index (χ2n) is 9.16. The van der Waals surface area contributed by atoms with Gasteiger partial charge in [-0.15, -0.1) is 0 Å². The molecule has 1 aromatic rings. The molecule has 2 fully saturated rings. The molecule has 2 saturated heterocycles. The molecule has 3 rings (SSSR count). The lowest BCUT2D eigenvalue weighted by molar-refractivity contribution is -0.134. The summed E-state index contributed by atoms with van der Waals surface area (Å²) in [5.41, 5.74) is 2.29. The summed E-state index contributed by atoms with van der Waals surface area (Å²) < 4.78 is 0. The Morgan fingerprint density at radius 3 is 1.87 bits per heavy atom. The summed E-state index contributed by atoms with van der Waals surface area (Å²) in [5.74, 6) is 0.414. The summed E-state index contributed by atoms with van der Waals surface area (Å²) in [4.78, 5) is 35.7. The number of piperazine rings is 1. The Morgan fingerprint density at radius 1 is 0.774 bits per heavy atom. The minimum atomic E-state index is 0.144. The SMILES string of the molecule is CN(Cc1ccc(N(C)C)cc1)C(=O)CN1CCN(CC(=O)N2CCCCCC2)CC1. The first-order chi connectivity index (χ1) is 14.9. The monoisotopic (exact) mass is 429 g/mol. The molecule has 0 aliphatic carbocycles. The van der Waals surface area contributed by atoms with Crippen LogP contribution in [-0.2, 0) is 16.1 Å². The fourth-order valence-corrected chi connectivity index (χ4v) is 4.29. The van der Waals surface area contributed by atoms with Crippen molar-refractivity contribution >= 4 is 17.5 Å². The first-order valence-electron chi connectivity index (χ1n) is 11.6. The lowest BCUT2D eigenvalue weighted by Crippen LogP contribution is -2.52. The highest BCUT2D eigenvalue weighted by Gasteiger charge is 2.24. The van der Waals surface area contributed by atoms with Crippen molar-refractivity contribution in [3.63, 3.8) is 0 Å². The number of hydrogen-bond donors (Lipinski definition) is 0. The number of likely N-dealkylation sites (N-methyl/N-ethyl adjacent to an activating group) is 1. The normalized spacial score (nSPS) is 18.5. The predicted molar refractivity (Wildman–Crippen MR) is 125 cm³/mol. The fourth-order valence-electron chi connectivity index (χ4n) is 4.29. The van der Waals surface area contributed by atoms with Crippen molar-refractivity contribution in [3.8, 4) is 0 Å². The largest absolute Gasteiger partial charge is 0.378 e. The number of likely N-dealkylation sites (tertiary alicyclic amines) is 1. The predicted octanol–water partition coefficient (Wildman–Crippen LogP) is 1.73. The van der Waals surface area contributed by atoms with Crippen molar-refractivity contribution in [1.29, 1.82) is 0 Å². The maximum Gasteiger partial charge on any atom is 0.236 e. The number of anilines is 1. The van der Waals surface area contributed by atoms with Crippen LogP contribution in [-0.4, -0.2) is 105 Å². The highest BCUT2D eigenvalue weighted by Crippen LogP contribution is 2.14. The van der Waals surface area contributed by atoms with Crippen LogP contribution in [0, 0.1) is 0 Å². The second kappa shape index (κ2) is 11.5. The molecule has 2 amide bonds. The lowest BCUT2D eigenvalue weighted by atomic mass is 10.2. The van der Waals surface area contributed by atoms with E-state index >= 15 is 0 Å². The Morgan fingerprint density at radius 2 is 1.32 bits per heavy atom. The molecule has 172 valence electrons. The number of amides is 2. The van der Waals surface area contributed by atoms with Gasteiger partial charge >= 0.3 is 0 Å². The van der Waals surface area contributed by atoms with Gasteiger partial charge in [0, 0.05) is 72.6 Å². The molecule has 0 unspecified atom stereocenters. The van der Waals surface area contributed by atoms with Crippen molar-refractivity contribution in [2.24, 2.45) is 0 Å². The van der Waals surface area contributed by atoms with E-state index in [0.29, 0.717) is 19.6 Å². The van der Waals surface area contributed by atoms with Crippen molar-refractivity contribution in [2.75, 3.05) is 78.4 Å². The van der Waals surface area contributed by atoms with Gasteiger partial charge in [0.05, 0.1) is 13.1 Å². The average molecular weight is 430 g/mol. The number of benzene rings is 1. The minimum absolute atomic E-state index is 0.144. The molecule has 2 aliphatic rings. The van der Waals surface area contributed by atoms with Gasteiger partial charge in [0.2, 0.25) is 11.8 Å². The summed E-state index contributed by atoms with van der Waals surface area (Å²) in [5, 5.41) is 0. The molecular weight excluding hydrogens is 390 g/mol. The number of carbonyl (C=O) groups is 2. The van der Waals surface area contributed by atoms with Crippen LogP contribution < -0.4 is 4.90 Å². The van der Waals surface area contributed by atoms with Gasteiger partial charge in [-0.25, -0.2) is 0 Å². The quantitative estimate of drug-likeness (QED) is 0.661. The van der Waals surface area contributed by atoms with Crippen molar-refractivity contribution < 1.29 is 9.59 Å². The Bertz CT molecular complexity index is 705. The third-order valence-corrected chi connectivity index (χ3v) is 6.44. The van der Waals surface area contributed by atoms with E-state index < -0.39 is 0 Å². The van der Waals surface area contributed by atoms with E-state index in [-0.39, 0.29) is 11.8 Å². The Hall–Kier alpha value is -2.12. The Balaban J connectivity index is 1.38. The summed E-state index contributed by atoms with van der Waals surface area (Å²) in [7, 11) is 5.92. The van der Waals surface area contributed by atoms with Gasteiger partial charge < -0.3 is 14.7 Å². The topological polar surface area (TPSA) is 50.3 Å². The van der Waals surface area contributed by atoms with E-state index in [2.05, 4.69) is 39.0 Å². The molecule has 1 aromatic carbocycles. The minimum Gasteiger partial charge on any atom is -0.378 e.